The van der Waals surface area contributed by atoms with Crippen molar-refractivity contribution < 1.29 is 13.2 Å². The molecule has 118 valence electrons. The van der Waals surface area contributed by atoms with Gasteiger partial charge in [-0.3, -0.25) is 4.79 Å². The largest absolute Gasteiger partial charge is 0.321 e. The van der Waals surface area contributed by atoms with Gasteiger partial charge in [-0.05, 0) is 31.5 Å². The molecule has 1 heterocycles. The Morgan fingerprint density at radius 1 is 1.27 bits per heavy atom. The summed E-state index contributed by atoms with van der Waals surface area (Å²) in [4.78, 5) is 12.6. The first-order chi connectivity index (χ1) is 10.4. The predicted octanol–water partition coefficient (Wildman–Crippen LogP) is 3.08. The summed E-state index contributed by atoms with van der Waals surface area (Å²) >= 11 is 1.11. The smallest absolute Gasteiger partial charge is 0.265 e. The molecule has 0 saturated carbocycles. The summed E-state index contributed by atoms with van der Waals surface area (Å²) in [5.74, 6) is -0.318. The highest BCUT2D eigenvalue weighted by Crippen LogP contribution is 2.21. The molecule has 2 aromatic rings. The summed E-state index contributed by atoms with van der Waals surface area (Å²) in [7, 11) is -3.58. The average molecular weight is 338 g/mol. The second-order valence-corrected chi connectivity index (χ2v) is 7.52. The lowest BCUT2D eigenvalue weighted by molar-refractivity contribution is 0.103. The maximum atomic E-state index is 12.2. The van der Waals surface area contributed by atoms with Crippen molar-refractivity contribution in [2.75, 3.05) is 5.32 Å². The molecule has 0 aliphatic carbocycles. The van der Waals surface area contributed by atoms with Crippen molar-refractivity contribution in [2.24, 2.45) is 0 Å². The molecule has 5 nitrogen and oxygen atoms in total. The molecule has 1 atom stereocenters. The number of para-hydroxylation sites is 1. The maximum Gasteiger partial charge on any atom is 0.265 e. The van der Waals surface area contributed by atoms with Crippen LogP contribution in [0.5, 0.6) is 0 Å². The molecule has 0 radical (unpaired) electrons. The van der Waals surface area contributed by atoms with E-state index in [2.05, 4.69) is 10.0 Å². The van der Waals surface area contributed by atoms with Crippen LogP contribution in [0.4, 0.5) is 5.69 Å². The number of benzene rings is 1. The lowest BCUT2D eigenvalue weighted by Gasteiger charge is -2.10. The second kappa shape index (κ2) is 7.04. The van der Waals surface area contributed by atoms with E-state index in [-0.39, 0.29) is 16.8 Å². The molecule has 0 fully saturated rings. The standard InChI is InChI=1S/C15H18N2O3S2/c1-3-11(2)17-22(19,20)13-9-14(21-10-13)15(18)16-12-7-5-4-6-8-12/h4-11,17H,3H2,1-2H3,(H,16,18)/t11-/m0/s1. The highest BCUT2D eigenvalue weighted by molar-refractivity contribution is 7.89. The molecule has 1 aromatic heterocycles. The van der Waals surface area contributed by atoms with Gasteiger partial charge in [0.05, 0.1) is 9.77 Å². The molecule has 2 N–H and O–H groups in total. The predicted molar refractivity (Wildman–Crippen MR) is 88.8 cm³/mol. The first kappa shape index (κ1) is 16.7. The van der Waals surface area contributed by atoms with E-state index in [4.69, 9.17) is 0 Å². The zero-order valence-corrected chi connectivity index (χ0v) is 14.0. The van der Waals surface area contributed by atoms with Crippen LogP contribution in [0, 0.1) is 0 Å². The molecule has 22 heavy (non-hydrogen) atoms. The van der Waals surface area contributed by atoms with E-state index in [0.29, 0.717) is 17.0 Å². The van der Waals surface area contributed by atoms with Crippen LogP contribution in [0.2, 0.25) is 0 Å². The van der Waals surface area contributed by atoms with E-state index >= 15 is 0 Å². The van der Waals surface area contributed by atoms with Crippen LogP contribution < -0.4 is 10.0 Å². The van der Waals surface area contributed by atoms with Crippen LogP contribution in [-0.2, 0) is 10.0 Å². The van der Waals surface area contributed by atoms with Crippen LogP contribution in [-0.4, -0.2) is 20.4 Å². The van der Waals surface area contributed by atoms with E-state index in [9.17, 15) is 13.2 Å². The third-order valence-corrected chi connectivity index (χ3v) is 5.76. The molecule has 0 unspecified atom stereocenters. The Bertz CT molecular complexity index is 739. The number of sulfonamides is 1. The maximum absolute atomic E-state index is 12.2. The van der Waals surface area contributed by atoms with Crippen LogP contribution in [0.25, 0.3) is 0 Å². The zero-order chi connectivity index (χ0) is 16.2. The van der Waals surface area contributed by atoms with E-state index in [1.165, 1.54) is 11.4 Å². The van der Waals surface area contributed by atoms with Gasteiger partial charge in [-0.2, -0.15) is 0 Å². The van der Waals surface area contributed by atoms with Gasteiger partial charge in [0.25, 0.3) is 5.91 Å². The van der Waals surface area contributed by atoms with Crippen LogP contribution in [0.3, 0.4) is 0 Å². The highest BCUT2D eigenvalue weighted by atomic mass is 32.2. The first-order valence-electron chi connectivity index (χ1n) is 6.89. The molecule has 1 aromatic carbocycles. The number of hydrogen-bond donors (Lipinski definition) is 2. The van der Waals surface area contributed by atoms with Crippen LogP contribution in [0.15, 0.2) is 46.7 Å². The number of carbonyl (C=O) groups excluding carboxylic acids is 1. The Hall–Kier alpha value is -1.70. The summed E-state index contributed by atoms with van der Waals surface area (Å²) in [5, 5.41) is 4.21. The van der Waals surface area contributed by atoms with Gasteiger partial charge in [-0.15, -0.1) is 11.3 Å². The highest BCUT2D eigenvalue weighted by Gasteiger charge is 2.20. The fourth-order valence-corrected chi connectivity index (χ4v) is 4.20. The van der Waals surface area contributed by atoms with Crippen LogP contribution >= 0.6 is 11.3 Å². The minimum absolute atomic E-state index is 0.121. The number of amides is 1. The van der Waals surface area contributed by atoms with E-state index in [1.54, 1.807) is 19.1 Å². The molecule has 0 spiro atoms. The van der Waals surface area contributed by atoms with E-state index < -0.39 is 10.0 Å². The van der Waals surface area contributed by atoms with Gasteiger partial charge in [0, 0.05) is 17.1 Å². The minimum atomic E-state index is -3.58. The quantitative estimate of drug-likeness (QED) is 0.850. The summed E-state index contributed by atoms with van der Waals surface area (Å²) in [6.07, 6.45) is 0.699. The Labute approximate surface area is 134 Å². The molecular formula is C15H18N2O3S2. The SMILES string of the molecule is CC[C@H](C)NS(=O)(=O)c1csc(C(=O)Nc2ccccc2)c1. The van der Waals surface area contributed by atoms with Crippen molar-refractivity contribution in [1.29, 1.82) is 0 Å². The van der Waals surface area contributed by atoms with Crippen molar-refractivity contribution in [3.05, 3.63) is 46.7 Å². The Morgan fingerprint density at radius 3 is 2.59 bits per heavy atom. The normalized spacial score (nSPS) is 12.8. The third kappa shape index (κ3) is 4.16. The number of nitrogens with one attached hydrogen (secondary N) is 2. The Morgan fingerprint density at radius 2 is 1.95 bits per heavy atom. The van der Waals surface area contributed by atoms with Crippen molar-refractivity contribution in [1.82, 2.24) is 4.72 Å². The zero-order valence-electron chi connectivity index (χ0n) is 12.4. The van der Waals surface area contributed by atoms with Gasteiger partial charge in [0.2, 0.25) is 10.0 Å². The number of hydrogen-bond acceptors (Lipinski definition) is 4. The molecule has 2 rings (SSSR count). The number of rotatable bonds is 6. The van der Waals surface area contributed by atoms with Gasteiger partial charge >= 0.3 is 0 Å². The monoisotopic (exact) mass is 338 g/mol. The lowest BCUT2D eigenvalue weighted by atomic mass is 10.3. The lowest BCUT2D eigenvalue weighted by Crippen LogP contribution is -2.31. The Kier molecular flexibility index (Phi) is 5.33. The summed E-state index contributed by atoms with van der Waals surface area (Å²) < 4.78 is 26.9. The third-order valence-electron chi connectivity index (χ3n) is 3.11. The van der Waals surface area contributed by atoms with Crippen molar-refractivity contribution >= 4 is 33.0 Å². The van der Waals surface area contributed by atoms with Gasteiger partial charge in [-0.25, -0.2) is 13.1 Å². The summed E-state index contributed by atoms with van der Waals surface area (Å²) in [5.41, 5.74) is 0.669. The average Bonchev–Trinajstić information content (AvgIpc) is 2.98. The number of carbonyl (C=O) groups is 1. The van der Waals surface area contributed by atoms with Gasteiger partial charge in [-0.1, -0.05) is 25.1 Å². The van der Waals surface area contributed by atoms with Gasteiger partial charge in [0.1, 0.15) is 0 Å². The fourth-order valence-electron chi connectivity index (χ4n) is 1.71. The molecule has 0 aliphatic heterocycles. The van der Waals surface area contributed by atoms with E-state index in [0.717, 1.165) is 11.3 Å². The molecule has 0 bridgehead atoms. The van der Waals surface area contributed by atoms with Crippen molar-refractivity contribution in [3.8, 4) is 0 Å². The summed E-state index contributed by atoms with van der Waals surface area (Å²) in [6, 6.07) is 10.3. The minimum Gasteiger partial charge on any atom is -0.321 e. The molecular weight excluding hydrogens is 320 g/mol. The number of anilines is 1. The van der Waals surface area contributed by atoms with E-state index in [1.807, 2.05) is 25.1 Å². The van der Waals surface area contributed by atoms with Crippen LogP contribution in [0.1, 0.15) is 29.9 Å². The van der Waals surface area contributed by atoms with Crippen molar-refractivity contribution in [2.45, 2.75) is 31.2 Å². The number of thiophene rings is 1. The van der Waals surface area contributed by atoms with Crippen molar-refractivity contribution in [3.63, 3.8) is 0 Å². The first-order valence-corrected chi connectivity index (χ1v) is 9.26. The molecule has 7 heteroatoms. The summed E-state index contributed by atoms with van der Waals surface area (Å²) in [6.45, 7) is 3.70. The molecule has 1 amide bonds. The molecule has 0 aliphatic rings. The topological polar surface area (TPSA) is 75.3 Å². The van der Waals surface area contributed by atoms with Gasteiger partial charge < -0.3 is 5.32 Å². The second-order valence-electron chi connectivity index (χ2n) is 4.90. The molecule has 0 saturated heterocycles. The fraction of sp³-hybridized carbons (Fsp3) is 0.267. The van der Waals surface area contributed by atoms with Gasteiger partial charge in [0.15, 0.2) is 0 Å². The Balaban J connectivity index is 2.12.